The minimum Gasteiger partial charge on any atom is -0.444 e. The zero-order valence-electron chi connectivity index (χ0n) is 16.8. The highest BCUT2D eigenvalue weighted by molar-refractivity contribution is 5.86. The second-order valence-electron chi connectivity index (χ2n) is 9.31. The Bertz CT molecular complexity index is 671. The van der Waals surface area contributed by atoms with Gasteiger partial charge in [0.2, 0.25) is 11.8 Å². The Morgan fingerprint density at radius 3 is 2.46 bits per heavy atom. The summed E-state index contributed by atoms with van der Waals surface area (Å²) >= 11 is 0. The number of carbonyl (C=O) groups excluding carboxylic acids is 3. The van der Waals surface area contributed by atoms with Crippen molar-refractivity contribution in [3.63, 3.8) is 0 Å². The molecule has 8 nitrogen and oxygen atoms in total. The predicted octanol–water partition coefficient (Wildman–Crippen LogP) is 1.46. The molecule has 0 spiro atoms. The van der Waals surface area contributed by atoms with Gasteiger partial charge in [0.1, 0.15) is 17.7 Å². The van der Waals surface area contributed by atoms with E-state index in [1.165, 1.54) is 6.42 Å². The Kier molecular flexibility index (Phi) is 5.82. The van der Waals surface area contributed by atoms with E-state index in [1.807, 2.05) is 0 Å². The highest BCUT2D eigenvalue weighted by Crippen LogP contribution is 2.55. The van der Waals surface area contributed by atoms with E-state index in [1.54, 1.807) is 20.8 Å². The van der Waals surface area contributed by atoms with Gasteiger partial charge < -0.3 is 20.7 Å². The van der Waals surface area contributed by atoms with Crippen molar-refractivity contribution in [1.29, 1.82) is 5.26 Å². The van der Waals surface area contributed by atoms with Crippen LogP contribution in [-0.2, 0) is 14.3 Å². The van der Waals surface area contributed by atoms with Crippen LogP contribution in [0.4, 0.5) is 4.79 Å². The van der Waals surface area contributed by atoms with Crippen LogP contribution in [0.5, 0.6) is 0 Å². The Labute approximate surface area is 165 Å². The Morgan fingerprint density at radius 2 is 1.93 bits per heavy atom. The minimum absolute atomic E-state index is 0.0467. The molecule has 0 aromatic carbocycles. The fraction of sp³-hybridized carbons (Fsp3) is 0.800. The Morgan fingerprint density at radius 1 is 1.25 bits per heavy atom. The summed E-state index contributed by atoms with van der Waals surface area (Å²) in [6, 6.07) is 0.589. The van der Waals surface area contributed by atoms with Gasteiger partial charge in [-0.3, -0.25) is 9.59 Å². The predicted molar refractivity (Wildman–Crippen MR) is 101 cm³/mol. The highest BCUT2D eigenvalue weighted by Gasteiger charge is 2.50. The fourth-order valence-electron chi connectivity index (χ4n) is 4.43. The van der Waals surface area contributed by atoms with E-state index >= 15 is 0 Å². The van der Waals surface area contributed by atoms with Crippen molar-refractivity contribution in [2.24, 2.45) is 23.7 Å². The monoisotopic (exact) mass is 390 g/mol. The van der Waals surface area contributed by atoms with Crippen LogP contribution >= 0.6 is 0 Å². The van der Waals surface area contributed by atoms with Gasteiger partial charge in [0.25, 0.3) is 0 Å². The molecular weight excluding hydrogens is 360 g/mol. The third kappa shape index (κ3) is 5.15. The summed E-state index contributed by atoms with van der Waals surface area (Å²) in [5, 5.41) is 17.7. The van der Waals surface area contributed by atoms with Gasteiger partial charge in [-0.2, -0.15) is 5.26 Å². The van der Waals surface area contributed by atoms with Gasteiger partial charge in [0.05, 0.1) is 6.07 Å². The molecular formula is C20H30N4O4. The average Bonchev–Trinajstić information content (AvgIpc) is 2.99. The third-order valence-electron chi connectivity index (χ3n) is 5.86. The molecule has 0 aromatic heterocycles. The molecule has 3 N–H and O–H groups in total. The first-order chi connectivity index (χ1) is 13.2. The lowest BCUT2D eigenvalue weighted by atomic mass is 9.93. The highest BCUT2D eigenvalue weighted by atomic mass is 16.6. The quantitative estimate of drug-likeness (QED) is 0.634. The van der Waals surface area contributed by atoms with Gasteiger partial charge in [0.15, 0.2) is 0 Å². The normalized spacial score (nSPS) is 30.4. The number of hydrogen-bond donors (Lipinski definition) is 3. The number of nitriles is 1. The number of nitrogens with zero attached hydrogens (tertiary/aromatic N) is 1. The molecule has 154 valence electrons. The van der Waals surface area contributed by atoms with E-state index in [9.17, 15) is 19.6 Å². The lowest BCUT2D eigenvalue weighted by molar-refractivity contribution is -0.126. The minimum atomic E-state index is -0.764. The zero-order valence-corrected chi connectivity index (χ0v) is 16.8. The molecule has 2 aliphatic carbocycles. The van der Waals surface area contributed by atoms with E-state index < -0.39 is 23.8 Å². The molecule has 1 aliphatic heterocycles. The molecule has 28 heavy (non-hydrogen) atoms. The molecule has 3 fully saturated rings. The molecule has 0 aromatic rings. The number of alkyl carbamates (subject to hydrolysis) is 1. The molecule has 3 unspecified atom stereocenters. The average molecular weight is 390 g/mol. The first-order valence-electron chi connectivity index (χ1n) is 10.1. The lowest BCUT2D eigenvalue weighted by Crippen LogP contribution is -2.53. The van der Waals surface area contributed by atoms with Gasteiger partial charge in [0, 0.05) is 12.5 Å². The van der Waals surface area contributed by atoms with E-state index in [-0.39, 0.29) is 30.1 Å². The summed E-state index contributed by atoms with van der Waals surface area (Å²) in [6.45, 7) is 5.91. The first kappa shape index (κ1) is 20.4. The van der Waals surface area contributed by atoms with Crippen LogP contribution in [0.3, 0.4) is 0 Å². The van der Waals surface area contributed by atoms with Crippen molar-refractivity contribution in [3.8, 4) is 6.07 Å². The number of rotatable bonds is 6. The van der Waals surface area contributed by atoms with E-state index in [2.05, 4.69) is 22.0 Å². The lowest BCUT2D eigenvalue weighted by Gasteiger charge is -2.28. The van der Waals surface area contributed by atoms with Crippen molar-refractivity contribution in [2.45, 2.75) is 70.6 Å². The maximum absolute atomic E-state index is 12.9. The third-order valence-corrected chi connectivity index (χ3v) is 5.86. The number of hydrogen-bond acceptors (Lipinski definition) is 5. The number of ether oxygens (including phenoxy) is 1. The molecule has 1 heterocycles. The Balaban J connectivity index is 1.62. The second-order valence-corrected chi connectivity index (χ2v) is 9.31. The molecule has 5 atom stereocenters. The molecule has 1 saturated heterocycles. The summed E-state index contributed by atoms with van der Waals surface area (Å²) in [6.07, 6.45) is 3.33. The largest absolute Gasteiger partial charge is 0.444 e. The number of fused-ring (bicyclic) bond motifs is 1. The van der Waals surface area contributed by atoms with Crippen LogP contribution in [0.15, 0.2) is 0 Å². The zero-order chi connectivity index (χ0) is 20.5. The summed E-state index contributed by atoms with van der Waals surface area (Å²) in [5.41, 5.74) is -0.659. The van der Waals surface area contributed by atoms with Gasteiger partial charge in [-0.05, 0) is 70.6 Å². The maximum atomic E-state index is 12.9. The summed E-state index contributed by atoms with van der Waals surface area (Å²) in [5.74, 6) is 0.632. The van der Waals surface area contributed by atoms with Gasteiger partial charge in [-0.15, -0.1) is 0 Å². The van der Waals surface area contributed by atoms with Crippen molar-refractivity contribution in [3.05, 3.63) is 0 Å². The van der Waals surface area contributed by atoms with Crippen LogP contribution < -0.4 is 16.0 Å². The second kappa shape index (κ2) is 7.98. The smallest absolute Gasteiger partial charge is 0.408 e. The van der Waals surface area contributed by atoms with Gasteiger partial charge in [-0.25, -0.2) is 4.79 Å². The van der Waals surface area contributed by atoms with Gasteiger partial charge in [-0.1, -0.05) is 0 Å². The van der Waals surface area contributed by atoms with Crippen molar-refractivity contribution in [2.75, 3.05) is 6.54 Å². The van der Waals surface area contributed by atoms with Crippen molar-refractivity contribution >= 4 is 17.9 Å². The van der Waals surface area contributed by atoms with Crippen LogP contribution in [0.25, 0.3) is 0 Å². The maximum Gasteiger partial charge on any atom is 0.408 e. The number of carbonyl (C=O) groups is 3. The summed E-state index contributed by atoms with van der Waals surface area (Å²) < 4.78 is 5.32. The van der Waals surface area contributed by atoms with Crippen molar-refractivity contribution in [1.82, 2.24) is 16.0 Å². The van der Waals surface area contributed by atoms with Crippen LogP contribution in [0.1, 0.15) is 52.9 Å². The standard InChI is InChI=1S/C20H30N4O4/c1-20(2,3)28-19(27)24-16(14-7-12-6-13(12)8-14)18(26)23-15(10-21)9-11-4-5-22-17(11)25/h11-16H,4-9H2,1-3H3,(H,22,25)(H,23,26)(H,24,27)/t11-,12?,13?,14?,15-,16?/m0/s1. The molecule has 2 saturated carbocycles. The van der Waals surface area contributed by atoms with E-state index in [4.69, 9.17) is 4.74 Å². The molecule has 3 aliphatic rings. The van der Waals surface area contributed by atoms with Gasteiger partial charge >= 0.3 is 6.09 Å². The van der Waals surface area contributed by atoms with Crippen LogP contribution in [-0.4, -0.2) is 42.1 Å². The molecule has 3 amide bonds. The Hall–Kier alpha value is -2.30. The van der Waals surface area contributed by atoms with Crippen molar-refractivity contribution < 1.29 is 19.1 Å². The van der Waals surface area contributed by atoms with E-state index in [0.717, 1.165) is 12.8 Å². The van der Waals surface area contributed by atoms with E-state index in [0.29, 0.717) is 24.8 Å². The fourth-order valence-corrected chi connectivity index (χ4v) is 4.43. The molecule has 0 bridgehead atoms. The summed E-state index contributed by atoms with van der Waals surface area (Å²) in [7, 11) is 0. The molecule has 0 radical (unpaired) electrons. The van der Waals surface area contributed by atoms with Crippen LogP contribution in [0.2, 0.25) is 0 Å². The molecule has 8 heteroatoms. The number of amides is 3. The number of nitrogens with one attached hydrogen (secondary N) is 3. The molecule has 3 rings (SSSR count). The topological polar surface area (TPSA) is 120 Å². The first-order valence-corrected chi connectivity index (χ1v) is 10.1. The van der Waals surface area contributed by atoms with Crippen LogP contribution in [0, 0.1) is 35.0 Å². The SMILES string of the molecule is CC(C)(C)OC(=O)NC(C(=O)N[C@H](C#N)C[C@@H]1CCNC1=O)C1CC2CC2C1. The summed E-state index contributed by atoms with van der Waals surface area (Å²) in [4.78, 5) is 37.0.